The Kier molecular flexibility index (Phi) is 8.38. The molecular weight excluding hydrogens is 494 g/mol. The zero-order valence-electron chi connectivity index (χ0n) is 20.4. The summed E-state index contributed by atoms with van der Waals surface area (Å²) in [6, 6.07) is -2.72. The van der Waals surface area contributed by atoms with Crippen LogP contribution in [-0.2, 0) is 35.1 Å². The van der Waals surface area contributed by atoms with Crippen LogP contribution in [0.15, 0.2) is 17.8 Å². The molecule has 2 amide bonds. The van der Waals surface area contributed by atoms with Gasteiger partial charge in [0.2, 0.25) is 5.91 Å². The maximum absolute atomic E-state index is 13.1. The number of aldehydes is 1. The van der Waals surface area contributed by atoms with Crippen LogP contribution < -0.4 is 5.32 Å². The van der Waals surface area contributed by atoms with Gasteiger partial charge in [-0.1, -0.05) is 11.3 Å². The predicted octanol–water partition coefficient (Wildman–Crippen LogP) is 0.298. The molecule has 14 heteroatoms. The van der Waals surface area contributed by atoms with Gasteiger partial charge in [-0.15, -0.1) is 5.10 Å². The average molecular weight is 524 g/mol. The molecule has 1 saturated heterocycles. The zero-order valence-corrected chi connectivity index (χ0v) is 21.3. The Hall–Kier alpha value is -3.42. The van der Waals surface area contributed by atoms with Gasteiger partial charge >= 0.3 is 18.0 Å². The fourth-order valence-electron chi connectivity index (χ4n) is 3.89. The number of aryl methyl sites for hydroxylation is 1. The highest BCUT2D eigenvalue weighted by Gasteiger charge is 2.58. The number of alkyl carbamates (subject to hydrolysis) is 1. The van der Waals surface area contributed by atoms with Crippen LogP contribution in [0.3, 0.4) is 0 Å². The van der Waals surface area contributed by atoms with Gasteiger partial charge in [-0.3, -0.25) is 19.1 Å². The Morgan fingerprint density at radius 2 is 1.97 bits per heavy atom. The Bertz CT molecular complexity index is 1070. The van der Waals surface area contributed by atoms with Gasteiger partial charge in [0, 0.05) is 25.1 Å². The van der Waals surface area contributed by atoms with E-state index in [-0.39, 0.29) is 18.9 Å². The third-order valence-corrected chi connectivity index (χ3v) is 5.79. The number of fused-ring (bicyclic) bond motifs is 1. The van der Waals surface area contributed by atoms with Crippen molar-refractivity contribution in [3.05, 3.63) is 23.5 Å². The number of esters is 2. The van der Waals surface area contributed by atoms with Crippen molar-refractivity contribution in [1.29, 1.82) is 0 Å². The number of carbonyl (C=O) groups is 5. The standard InChI is InChI=1S/C22H29N5O8S/c1-12(29)34-11-13-8-15(36)18-16(23-21(32)35-22(2,3)4)19(30)27(18)17(13)20(31)33-7-5-6-26-9-14(10-28)24-25-26/h8-10,15-18,36H,5-7,11H2,1-4H3,(H,23,32)/t15?,16-,17-,18+/m1/s1. The average Bonchev–Trinajstić information content (AvgIpc) is 3.25. The van der Waals surface area contributed by atoms with Crippen LogP contribution in [0.5, 0.6) is 0 Å². The van der Waals surface area contributed by atoms with Crippen LogP contribution in [0, 0.1) is 0 Å². The van der Waals surface area contributed by atoms with Crippen molar-refractivity contribution in [2.45, 2.75) is 69.6 Å². The van der Waals surface area contributed by atoms with Gasteiger partial charge in [0.25, 0.3) is 0 Å². The quantitative estimate of drug-likeness (QED) is 0.0876. The molecule has 2 aliphatic rings. The minimum atomic E-state index is -1.14. The van der Waals surface area contributed by atoms with Crippen molar-refractivity contribution in [3.8, 4) is 0 Å². The summed E-state index contributed by atoms with van der Waals surface area (Å²) in [5, 5.41) is 9.43. The lowest BCUT2D eigenvalue weighted by Crippen LogP contribution is -2.78. The Balaban J connectivity index is 1.69. The molecule has 0 saturated carbocycles. The topological polar surface area (TPSA) is 159 Å². The number of nitrogens with zero attached hydrogens (tertiary/aromatic N) is 4. The van der Waals surface area contributed by atoms with Crippen molar-refractivity contribution >= 4 is 42.9 Å². The molecule has 2 aliphatic heterocycles. The van der Waals surface area contributed by atoms with Crippen molar-refractivity contribution in [3.63, 3.8) is 0 Å². The molecule has 1 aromatic heterocycles. The van der Waals surface area contributed by atoms with Crippen LogP contribution in [0.4, 0.5) is 4.79 Å². The Labute approximate surface area is 212 Å². The van der Waals surface area contributed by atoms with E-state index in [9.17, 15) is 24.0 Å². The van der Waals surface area contributed by atoms with Crippen molar-refractivity contribution < 1.29 is 38.2 Å². The number of hydrogen-bond donors (Lipinski definition) is 2. The molecule has 0 aromatic carbocycles. The summed E-state index contributed by atoms with van der Waals surface area (Å²) in [5.41, 5.74) is -0.219. The second kappa shape index (κ2) is 11.1. The largest absolute Gasteiger partial charge is 0.464 e. The van der Waals surface area contributed by atoms with Crippen molar-refractivity contribution in [1.82, 2.24) is 25.2 Å². The normalized spacial score (nSPS) is 23.1. The molecule has 13 nitrogen and oxygen atoms in total. The number of thiol groups is 1. The number of amides is 2. The molecule has 4 atom stereocenters. The number of rotatable bonds is 9. The minimum Gasteiger partial charge on any atom is -0.464 e. The van der Waals surface area contributed by atoms with Gasteiger partial charge in [-0.05, 0) is 26.3 Å². The third kappa shape index (κ3) is 6.42. The monoisotopic (exact) mass is 523 g/mol. The molecule has 3 rings (SSSR count). The van der Waals surface area contributed by atoms with E-state index in [0.29, 0.717) is 24.8 Å². The molecule has 196 valence electrons. The van der Waals surface area contributed by atoms with Crippen LogP contribution in [0.25, 0.3) is 0 Å². The number of β-lactam (4-membered cyclic amide) rings is 1. The molecule has 36 heavy (non-hydrogen) atoms. The summed E-state index contributed by atoms with van der Waals surface area (Å²) in [6.07, 6.45) is 3.28. The highest BCUT2D eigenvalue weighted by Crippen LogP contribution is 2.37. The molecule has 1 aromatic rings. The van der Waals surface area contributed by atoms with E-state index < -0.39 is 52.9 Å². The number of ether oxygens (including phenoxy) is 3. The van der Waals surface area contributed by atoms with Crippen LogP contribution in [-0.4, -0.2) is 92.3 Å². The van der Waals surface area contributed by atoms with Crippen molar-refractivity contribution in [2.75, 3.05) is 13.2 Å². The van der Waals surface area contributed by atoms with E-state index in [0.717, 1.165) is 0 Å². The first-order chi connectivity index (χ1) is 16.9. The molecular formula is C22H29N5O8S. The van der Waals surface area contributed by atoms with Gasteiger partial charge < -0.3 is 24.4 Å². The lowest BCUT2D eigenvalue weighted by atomic mass is 9.82. The minimum absolute atomic E-state index is 0.00303. The fourth-order valence-corrected chi connectivity index (χ4v) is 4.40. The molecule has 0 bridgehead atoms. The van der Waals surface area contributed by atoms with E-state index in [4.69, 9.17) is 14.2 Å². The van der Waals surface area contributed by atoms with E-state index >= 15 is 0 Å². The lowest BCUT2D eigenvalue weighted by Gasteiger charge is -2.54. The first kappa shape index (κ1) is 27.2. The Morgan fingerprint density at radius 1 is 1.25 bits per heavy atom. The molecule has 0 aliphatic carbocycles. The number of nitrogens with one attached hydrogen (secondary N) is 1. The fraction of sp³-hybridized carbons (Fsp3) is 0.591. The van der Waals surface area contributed by atoms with Gasteiger partial charge in [0.1, 0.15) is 23.9 Å². The second-order valence-electron chi connectivity index (χ2n) is 9.32. The van der Waals surface area contributed by atoms with Gasteiger partial charge in [-0.2, -0.15) is 12.6 Å². The van der Waals surface area contributed by atoms with E-state index in [2.05, 4.69) is 28.3 Å². The van der Waals surface area contributed by atoms with Crippen molar-refractivity contribution in [2.24, 2.45) is 0 Å². The molecule has 1 unspecified atom stereocenters. The molecule has 1 N–H and O–H groups in total. The molecule has 0 radical (unpaired) electrons. The summed E-state index contributed by atoms with van der Waals surface area (Å²) in [7, 11) is 0. The SMILES string of the molecule is CC(=O)OCC1=CC(S)[C@H]2[C@@H](NC(=O)OC(C)(C)C)C(=O)N2[C@H]1C(=O)OCCCn1cc(C=O)nn1. The summed E-state index contributed by atoms with van der Waals surface area (Å²) in [5.74, 6) is -1.78. The van der Waals surface area contributed by atoms with E-state index in [1.165, 1.54) is 22.7 Å². The number of hydrogen-bond acceptors (Lipinski definition) is 11. The smallest absolute Gasteiger partial charge is 0.408 e. The summed E-state index contributed by atoms with van der Waals surface area (Å²) < 4.78 is 17.2. The van der Waals surface area contributed by atoms with Gasteiger partial charge in [0.05, 0.1) is 18.8 Å². The van der Waals surface area contributed by atoms with Crippen LogP contribution in [0.1, 0.15) is 44.6 Å². The lowest BCUT2D eigenvalue weighted by molar-refractivity contribution is -0.167. The molecule has 0 spiro atoms. The maximum atomic E-state index is 13.1. The first-order valence-corrected chi connectivity index (χ1v) is 11.8. The molecule has 1 fully saturated rings. The van der Waals surface area contributed by atoms with Gasteiger partial charge in [0.15, 0.2) is 12.3 Å². The summed E-state index contributed by atoms with van der Waals surface area (Å²) >= 11 is 4.53. The predicted molar refractivity (Wildman–Crippen MR) is 126 cm³/mol. The van der Waals surface area contributed by atoms with Crippen LogP contribution >= 0.6 is 12.6 Å². The highest BCUT2D eigenvalue weighted by molar-refractivity contribution is 7.81. The van der Waals surface area contributed by atoms with Crippen LogP contribution in [0.2, 0.25) is 0 Å². The highest BCUT2D eigenvalue weighted by atomic mass is 32.1. The number of aromatic nitrogens is 3. The summed E-state index contributed by atoms with van der Waals surface area (Å²) in [4.78, 5) is 61.7. The first-order valence-electron chi connectivity index (χ1n) is 11.3. The van der Waals surface area contributed by atoms with E-state index in [1.807, 2.05) is 0 Å². The third-order valence-electron chi connectivity index (χ3n) is 5.34. The van der Waals surface area contributed by atoms with E-state index in [1.54, 1.807) is 26.8 Å². The number of carbonyl (C=O) groups excluding carboxylic acids is 5. The second-order valence-corrected chi connectivity index (χ2v) is 9.92. The molecule has 3 heterocycles. The summed E-state index contributed by atoms with van der Waals surface area (Å²) in [6.45, 7) is 6.45. The zero-order chi connectivity index (χ0) is 26.6. The Morgan fingerprint density at radius 3 is 2.58 bits per heavy atom. The maximum Gasteiger partial charge on any atom is 0.408 e. The van der Waals surface area contributed by atoms with Gasteiger partial charge in [-0.25, -0.2) is 9.59 Å².